The fourth-order valence-electron chi connectivity index (χ4n) is 5.26. The Morgan fingerprint density at radius 1 is 1.03 bits per heavy atom. The summed E-state index contributed by atoms with van der Waals surface area (Å²) in [5.41, 5.74) is 0.0331. The Balaban J connectivity index is 1.49. The number of Topliss-reactive ketones (excluding diaryl/α,β-unsaturated/α-hetero) is 1. The zero-order valence-electron chi connectivity index (χ0n) is 18.7. The Labute approximate surface area is 199 Å². The lowest BCUT2D eigenvalue weighted by atomic mass is 9.85. The monoisotopic (exact) mass is 475 g/mol. The summed E-state index contributed by atoms with van der Waals surface area (Å²) in [6, 6.07) is 11.1. The average Bonchev–Trinajstić information content (AvgIpc) is 3.56. The lowest BCUT2D eigenvalue weighted by molar-refractivity contribution is -0.384. The van der Waals surface area contributed by atoms with Gasteiger partial charge in [0.15, 0.2) is 5.78 Å². The Morgan fingerprint density at radius 2 is 1.66 bits per heavy atom. The number of nitro groups is 1. The maximum atomic E-state index is 13.5. The Bertz CT molecular complexity index is 1260. The highest BCUT2D eigenvalue weighted by atomic mass is 16.6. The molecule has 2 bridgehead atoms. The molecule has 1 saturated heterocycles. The van der Waals surface area contributed by atoms with Gasteiger partial charge in [0.1, 0.15) is 12.3 Å². The summed E-state index contributed by atoms with van der Waals surface area (Å²) >= 11 is 0. The van der Waals surface area contributed by atoms with E-state index < -0.39 is 46.8 Å². The number of nitro benzene ring substituents is 1. The van der Waals surface area contributed by atoms with Crippen molar-refractivity contribution >= 4 is 29.2 Å². The van der Waals surface area contributed by atoms with E-state index in [0.717, 1.165) is 28.6 Å². The number of nitrogens with zero attached hydrogens (tertiary/aromatic N) is 3. The molecule has 0 unspecified atom stereocenters. The summed E-state index contributed by atoms with van der Waals surface area (Å²) in [6.07, 6.45) is 4.59. The third-order valence-corrected chi connectivity index (χ3v) is 6.93. The molecule has 178 valence electrons. The number of hydrogen-bond acceptors (Lipinski definition) is 7. The Morgan fingerprint density at radius 3 is 2.23 bits per heavy atom. The SMILES string of the molecule is COc1cccc(C(=O)CN(C(=O)c2ccc([N+](=O)[O-])cc2)N2C(=O)[C@@H]3[C@@H](C2=O)[C@H]2C=C[C@H]3C2)c1. The van der Waals surface area contributed by atoms with Gasteiger partial charge in [0, 0.05) is 23.3 Å². The van der Waals surface area contributed by atoms with E-state index in [1.54, 1.807) is 18.2 Å². The van der Waals surface area contributed by atoms with Crippen molar-refractivity contribution in [1.29, 1.82) is 0 Å². The van der Waals surface area contributed by atoms with E-state index in [9.17, 15) is 29.3 Å². The van der Waals surface area contributed by atoms with Gasteiger partial charge in [-0.25, -0.2) is 5.01 Å². The van der Waals surface area contributed by atoms with Crippen molar-refractivity contribution in [2.75, 3.05) is 13.7 Å². The molecule has 10 nitrogen and oxygen atoms in total. The molecule has 35 heavy (non-hydrogen) atoms. The van der Waals surface area contributed by atoms with Crippen LogP contribution in [0.4, 0.5) is 5.69 Å². The number of rotatable bonds is 7. The predicted molar refractivity (Wildman–Crippen MR) is 121 cm³/mol. The fourth-order valence-corrected chi connectivity index (χ4v) is 5.26. The van der Waals surface area contributed by atoms with Gasteiger partial charge in [0.2, 0.25) is 0 Å². The molecule has 0 radical (unpaired) electrons. The van der Waals surface area contributed by atoms with Gasteiger partial charge in [0.25, 0.3) is 23.4 Å². The highest BCUT2D eigenvalue weighted by Crippen LogP contribution is 2.52. The molecule has 2 aliphatic carbocycles. The molecule has 2 fully saturated rings. The third-order valence-electron chi connectivity index (χ3n) is 6.93. The van der Waals surface area contributed by atoms with E-state index in [-0.39, 0.29) is 28.7 Å². The van der Waals surface area contributed by atoms with Crippen molar-refractivity contribution in [3.63, 3.8) is 0 Å². The maximum absolute atomic E-state index is 13.5. The van der Waals surface area contributed by atoms with Crippen LogP contribution in [0.2, 0.25) is 0 Å². The number of methoxy groups -OCH3 is 1. The van der Waals surface area contributed by atoms with Crippen LogP contribution in [-0.4, -0.2) is 52.1 Å². The van der Waals surface area contributed by atoms with Crippen molar-refractivity contribution in [3.05, 3.63) is 81.9 Å². The standard InChI is InChI=1S/C25H21N3O7/c1-35-19-4-2-3-15(12-19)20(29)13-26(23(30)14-7-9-18(10-8-14)28(33)34)27-24(31)21-16-5-6-17(11-16)22(21)25(27)32/h2-10,12,16-17,21-22H,11,13H2,1H3/t16-,17-,21-,22-/m0/s1. The molecule has 0 spiro atoms. The van der Waals surface area contributed by atoms with Gasteiger partial charge in [0.05, 0.1) is 23.9 Å². The molecule has 0 N–H and O–H groups in total. The van der Waals surface area contributed by atoms with Crippen molar-refractivity contribution < 1.29 is 28.8 Å². The van der Waals surface area contributed by atoms with E-state index in [4.69, 9.17) is 4.74 Å². The topological polar surface area (TPSA) is 127 Å². The summed E-state index contributed by atoms with van der Waals surface area (Å²) in [4.78, 5) is 63.8. The van der Waals surface area contributed by atoms with Gasteiger partial charge in [-0.05, 0) is 42.5 Å². The summed E-state index contributed by atoms with van der Waals surface area (Å²) in [6.45, 7) is -0.567. The zero-order chi connectivity index (χ0) is 24.9. The van der Waals surface area contributed by atoms with Crippen LogP contribution < -0.4 is 4.74 Å². The third kappa shape index (κ3) is 3.67. The largest absolute Gasteiger partial charge is 0.497 e. The first-order chi connectivity index (χ1) is 16.8. The lowest BCUT2D eigenvalue weighted by Crippen LogP contribution is -2.52. The second-order valence-corrected chi connectivity index (χ2v) is 8.81. The smallest absolute Gasteiger partial charge is 0.273 e. The number of allylic oxidation sites excluding steroid dienone is 2. The first-order valence-electron chi connectivity index (χ1n) is 11.1. The summed E-state index contributed by atoms with van der Waals surface area (Å²) in [5, 5.41) is 12.7. The number of carbonyl (C=O) groups is 4. The van der Waals surface area contributed by atoms with Gasteiger partial charge >= 0.3 is 0 Å². The van der Waals surface area contributed by atoms with Gasteiger partial charge in [-0.1, -0.05) is 24.3 Å². The molecular formula is C25H21N3O7. The van der Waals surface area contributed by atoms with Crippen LogP contribution in [0.25, 0.3) is 0 Å². The van der Waals surface area contributed by atoms with Crippen LogP contribution in [-0.2, 0) is 9.59 Å². The number of hydrazine groups is 1. The molecule has 5 rings (SSSR count). The molecular weight excluding hydrogens is 454 g/mol. The van der Waals surface area contributed by atoms with Gasteiger partial charge in [-0.2, -0.15) is 5.01 Å². The van der Waals surface area contributed by atoms with E-state index >= 15 is 0 Å². The van der Waals surface area contributed by atoms with Crippen LogP contribution in [0.5, 0.6) is 5.75 Å². The molecule has 1 aliphatic heterocycles. The van der Waals surface area contributed by atoms with Gasteiger partial charge < -0.3 is 4.74 Å². The van der Waals surface area contributed by atoms with Crippen molar-refractivity contribution in [3.8, 4) is 5.75 Å². The van der Waals surface area contributed by atoms with Crippen LogP contribution in [0.3, 0.4) is 0 Å². The molecule has 3 aliphatic rings. The lowest BCUT2D eigenvalue weighted by Gasteiger charge is -2.30. The minimum Gasteiger partial charge on any atom is -0.497 e. The van der Waals surface area contributed by atoms with E-state index in [1.165, 1.54) is 25.3 Å². The first-order valence-corrected chi connectivity index (χ1v) is 11.1. The van der Waals surface area contributed by atoms with Crippen LogP contribution >= 0.6 is 0 Å². The minimum atomic E-state index is -0.780. The molecule has 1 saturated carbocycles. The fraction of sp³-hybridized carbons (Fsp3) is 0.280. The summed E-state index contributed by atoms with van der Waals surface area (Å²) in [7, 11) is 1.46. The quantitative estimate of drug-likeness (QED) is 0.198. The maximum Gasteiger partial charge on any atom is 0.273 e. The Kier molecular flexibility index (Phi) is 5.43. The predicted octanol–water partition coefficient (Wildman–Crippen LogP) is 2.65. The normalized spacial score (nSPS) is 24.0. The molecule has 4 atom stereocenters. The number of imide groups is 1. The van der Waals surface area contributed by atoms with Crippen LogP contribution in [0.1, 0.15) is 27.1 Å². The molecule has 3 amide bonds. The average molecular weight is 475 g/mol. The second-order valence-electron chi connectivity index (χ2n) is 8.81. The number of benzene rings is 2. The van der Waals surface area contributed by atoms with E-state index in [0.29, 0.717) is 5.75 Å². The molecule has 2 aromatic carbocycles. The number of hydrogen-bond donors (Lipinski definition) is 0. The number of non-ortho nitro benzene ring substituents is 1. The zero-order valence-corrected chi connectivity index (χ0v) is 18.7. The van der Waals surface area contributed by atoms with Gasteiger partial charge in [-0.3, -0.25) is 29.3 Å². The van der Waals surface area contributed by atoms with Gasteiger partial charge in [-0.15, -0.1) is 0 Å². The highest BCUT2D eigenvalue weighted by Gasteiger charge is 2.61. The minimum absolute atomic E-state index is 0.00722. The van der Waals surface area contributed by atoms with Crippen molar-refractivity contribution in [1.82, 2.24) is 10.0 Å². The van der Waals surface area contributed by atoms with E-state index in [1.807, 2.05) is 12.2 Å². The molecule has 10 heteroatoms. The van der Waals surface area contributed by atoms with Crippen molar-refractivity contribution in [2.45, 2.75) is 6.42 Å². The Hall–Kier alpha value is -4.34. The number of ketones is 1. The number of fused-ring (bicyclic) bond motifs is 5. The molecule has 0 aromatic heterocycles. The summed E-state index contributed by atoms with van der Waals surface area (Å²) in [5.74, 6) is -3.12. The number of amides is 3. The molecule has 2 aromatic rings. The van der Waals surface area contributed by atoms with E-state index in [2.05, 4.69) is 0 Å². The highest BCUT2D eigenvalue weighted by molar-refractivity contribution is 6.10. The van der Waals surface area contributed by atoms with Crippen LogP contribution in [0, 0.1) is 33.8 Å². The van der Waals surface area contributed by atoms with Crippen molar-refractivity contribution in [2.24, 2.45) is 23.7 Å². The van der Waals surface area contributed by atoms with Crippen LogP contribution in [0.15, 0.2) is 60.7 Å². The number of carbonyl (C=O) groups excluding carboxylic acids is 4. The number of ether oxygens (including phenoxy) is 1. The first kappa shape index (κ1) is 22.5. The second kappa shape index (κ2) is 8.46. The molecule has 1 heterocycles. The summed E-state index contributed by atoms with van der Waals surface area (Å²) < 4.78 is 5.16.